The fourth-order valence-corrected chi connectivity index (χ4v) is 8.58. The minimum absolute atomic E-state index is 0.0345. The van der Waals surface area contributed by atoms with Gasteiger partial charge in [0.05, 0.1) is 28.0 Å². The number of halogens is 2. The SMILES string of the molecule is Cc1cc(-c2cc(Cl)ccc2OCCn2c(C)nc3c(c2=O)C[C@@H](N2CCCC[C@@H]2c2cccc(F)c2)CC3)c2scc(C(=O)O)c2n1. The van der Waals surface area contributed by atoms with Gasteiger partial charge in [-0.15, -0.1) is 11.3 Å². The highest BCUT2D eigenvalue weighted by Crippen LogP contribution is 2.40. The fraction of sp³-hybridized carbons (Fsp3) is 0.351. The second kappa shape index (κ2) is 13.4. The number of nitrogens with zero attached hydrogens (tertiary/aromatic N) is 4. The number of thiophene rings is 1. The van der Waals surface area contributed by atoms with Crippen molar-refractivity contribution in [1.29, 1.82) is 0 Å². The number of carboxylic acid groups (broad SMARTS) is 1. The average Bonchev–Trinajstić information content (AvgIpc) is 3.50. The van der Waals surface area contributed by atoms with Crippen molar-refractivity contribution in [3.63, 3.8) is 0 Å². The van der Waals surface area contributed by atoms with E-state index in [1.807, 2.05) is 26.0 Å². The molecule has 2 aliphatic rings. The number of aryl methyl sites for hydroxylation is 3. The van der Waals surface area contributed by atoms with E-state index in [4.69, 9.17) is 21.3 Å². The summed E-state index contributed by atoms with van der Waals surface area (Å²) in [4.78, 5) is 37.7. The highest BCUT2D eigenvalue weighted by molar-refractivity contribution is 7.18. The number of carbonyl (C=O) groups is 1. The summed E-state index contributed by atoms with van der Waals surface area (Å²) in [6, 6.07) is 14.5. The largest absolute Gasteiger partial charge is 0.491 e. The van der Waals surface area contributed by atoms with Gasteiger partial charge in [-0.1, -0.05) is 30.2 Å². The smallest absolute Gasteiger partial charge is 0.338 e. The number of piperidine rings is 1. The third-order valence-electron chi connectivity index (χ3n) is 9.63. The molecular formula is C37H36ClFN4O4S. The van der Waals surface area contributed by atoms with Crippen molar-refractivity contribution in [3.05, 3.63) is 109 Å². The molecule has 48 heavy (non-hydrogen) atoms. The first kappa shape index (κ1) is 32.4. The van der Waals surface area contributed by atoms with Crippen LogP contribution in [0, 0.1) is 19.7 Å². The molecule has 1 fully saturated rings. The molecule has 3 aromatic heterocycles. The van der Waals surface area contributed by atoms with Crippen molar-refractivity contribution in [2.45, 2.75) is 71.0 Å². The molecule has 4 heterocycles. The van der Waals surface area contributed by atoms with Crippen LogP contribution in [0.3, 0.4) is 0 Å². The topological polar surface area (TPSA) is 97.6 Å². The first-order chi connectivity index (χ1) is 23.2. The zero-order chi connectivity index (χ0) is 33.5. The quantitative estimate of drug-likeness (QED) is 0.178. The molecular weight excluding hydrogens is 651 g/mol. The van der Waals surface area contributed by atoms with E-state index in [-0.39, 0.29) is 35.6 Å². The predicted octanol–water partition coefficient (Wildman–Crippen LogP) is 7.79. The molecule has 8 nitrogen and oxygen atoms in total. The van der Waals surface area contributed by atoms with E-state index >= 15 is 0 Å². The summed E-state index contributed by atoms with van der Waals surface area (Å²) >= 11 is 7.75. The summed E-state index contributed by atoms with van der Waals surface area (Å²) in [5, 5.41) is 11.8. The number of hydrogen-bond donors (Lipinski definition) is 1. The fourth-order valence-electron chi connectivity index (χ4n) is 7.39. The predicted molar refractivity (Wildman–Crippen MR) is 186 cm³/mol. The molecule has 1 N–H and O–H groups in total. The number of aromatic carboxylic acids is 1. The maximum Gasteiger partial charge on any atom is 0.338 e. The zero-order valence-electron chi connectivity index (χ0n) is 26.8. The lowest BCUT2D eigenvalue weighted by molar-refractivity contribution is 0.0699. The Hall–Kier alpha value is -4.12. The summed E-state index contributed by atoms with van der Waals surface area (Å²) in [6.45, 7) is 5.14. The Balaban J connectivity index is 1.13. The number of rotatable bonds is 8. The van der Waals surface area contributed by atoms with Gasteiger partial charge in [0.2, 0.25) is 0 Å². The van der Waals surface area contributed by atoms with Gasteiger partial charge in [0.1, 0.15) is 24.0 Å². The molecule has 11 heteroatoms. The molecule has 1 aliphatic carbocycles. The lowest BCUT2D eigenvalue weighted by Gasteiger charge is -2.43. The summed E-state index contributed by atoms with van der Waals surface area (Å²) in [7, 11) is 0. The molecule has 7 rings (SSSR count). The van der Waals surface area contributed by atoms with Crippen LogP contribution in [-0.4, -0.2) is 49.7 Å². The van der Waals surface area contributed by atoms with Gasteiger partial charge in [0, 0.05) is 44.9 Å². The molecule has 0 radical (unpaired) electrons. The number of carboxylic acids is 1. The molecule has 0 amide bonds. The Bertz CT molecular complexity index is 2100. The van der Waals surface area contributed by atoms with Gasteiger partial charge in [-0.2, -0.15) is 0 Å². The van der Waals surface area contributed by atoms with Crippen molar-refractivity contribution < 1.29 is 19.0 Å². The molecule has 2 atom stereocenters. The van der Waals surface area contributed by atoms with Crippen LogP contribution < -0.4 is 10.3 Å². The molecule has 248 valence electrons. The van der Waals surface area contributed by atoms with Crippen molar-refractivity contribution in [3.8, 4) is 16.9 Å². The van der Waals surface area contributed by atoms with Crippen molar-refractivity contribution in [2.75, 3.05) is 13.2 Å². The van der Waals surface area contributed by atoms with Crippen molar-refractivity contribution in [2.24, 2.45) is 0 Å². The normalized spacial score (nSPS) is 18.2. The van der Waals surface area contributed by atoms with Gasteiger partial charge in [-0.05, 0) is 94.5 Å². The number of likely N-dealkylation sites (tertiary alicyclic amines) is 1. The number of benzene rings is 2. The minimum Gasteiger partial charge on any atom is -0.491 e. The van der Waals surface area contributed by atoms with Crippen LogP contribution in [0.4, 0.5) is 4.39 Å². The third kappa shape index (κ3) is 6.24. The second-order valence-electron chi connectivity index (χ2n) is 12.7. The molecule has 1 saturated heterocycles. The van der Waals surface area contributed by atoms with Gasteiger partial charge in [-0.3, -0.25) is 19.2 Å². The van der Waals surface area contributed by atoms with E-state index in [9.17, 15) is 19.1 Å². The Morgan fingerprint density at radius 2 is 1.96 bits per heavy atom. The Morgan fingerprint density at radius 3 is 2.77 bits per heavy atom. The van der Waals surface area contributed by atoms with Gasteiger partial charge < -0.3 is 9.84 Å². The minimum atomic E-state index is -1.03. The Morgan fingerprint density at radius 1 is 1.10 bits per heavy atom. The lowest BCUT2D eigenvalue weighted by atomic mass is 9.86. The van der Waals surface area contributed by atoms with Crippen molar-refractivity contribution >= 4 is 39.1 Å². The van der Waals surface area contributed by atoms with Crippen LogP contribution in [0.15, 0.2) is 58.7 Å². The molecule has 0 saturated carbocycles. The monoisotopic (exact) mass is 686 g/mol. The van der Waals surface area contributed by atoms with E-state index in [1.165, 1.54) is 17.4 Å². The Labute approximate surface area is 286 Å². The van der Waals surface area contributed by atoms with Gasteiger partial charge in [0.25, 0.3) is 5.56 Å². The number of pyridine rings is 1. The van der Waals surface area contributed by atoms with Crippen LogP contribution in [-0.2, 0) is 19.4 Å². The van der Waals surface area contributed by atoms with Crippen LogP contribution in [0.2, 0.25) is 5.02 Å². The average molecular weight is 687 g/mol. The third-order valence-corrected chi connectivity index (χ3v) is 10.9. The zero-order valence-corrected chi connectivity index (χ0v) is 28.4. The first-order valence-corrected chi connectivity index (χ1v) is 17.6. The Kier molecular flexibility index (Phi) is 9.06. The summed E-state index contributed by atoms with van der Waals surface area (Å²) in [5.41, 5.74) is 5.38. The standard InChI is InChI=1S/C37H36ClFN4O4S/c1-21-16-28(35-34(40-21)30(20-48-35)37(45)46)27-18-24(38)9-12-33(27)47-15-14-42-22(2)41-31-11-10-26(19-29(31)36(42)44)43-13-4-3-8-32(43)23-6-5-7-25(39)17-23/h5-7,9,12,16-18,20,26,32H,3-4,8,10-11,13-15,19H2,1-2H3,(H,45,46)/t26-,32+/m0/s1. The second-order valence-corrected chi connectivity index (χ2v) is 14.0. The molecule has 5 aromatic rings. The van der Waals surface area contributed by atoms with E-state index in [0.29, 0.717) is 40.8 Å². The number of ether oxygens (including phenoxy) is 1. The van der Waals surface area contributed by atoms with Crippen LogP contribution in [0.25, 0.3) is 21.3 Å². The van der Waals surface area contributed by atoms with Gasteiger partial charge in [0.15, 0.2) is 0 Å². The van der Waals surface area contributed by atoms with Crippen LogP contribution >= 0.6 is 22.9 Å². The summed E-state index contributed by atoms with van der Waals surface area (Å²) < 4.78 is 22.9. The maximum absolute atomic E-state index is 14.2. The summed E-state index contributed by atoms with van der Waals surface area (Å²) in [5.74, 6) is -0.0210. The molecule has 1 aliphatic heterocycles. The van der Waals surface area contributed by atoms with E-state index in [1.54, 1.807) is 40.3 Å². The lowest BCUT2D eigenvalue weighted by Crippen LogP contribution is -2.46. The molecule has 0 spiro atoms. The number of fused-ring (bicyclic) bond motifs is 2. The molecule has 0 bridgehead atoms. The van der Waals surface area contributed by atoms with E-state index < -0.39 is 5.97 Å². The highest BCUT2D eigenvalue weighted by Gasteiger charge is 2.34. The molecule has 2 aromatic carbocycles. The maximum atomic E-state index is 14.2. The molecule has 0 unspecified atom stereocenters. The first-order valence-electron chi connectivity index (χ1n) is 16.3. The van der Waals surface area contributed by atoms with Crippen molar-refractivity contribution in [1.82, 2.24) is 19.4 Å². The van der Waals surface area contributed by atoms with Gasteiger partial charge >= 0.3 is 5.97 Å². The number of aromatic nitrogens is 3. The van der Waals surface area contributed by atoms with Crippen LogP contribution in [0.1, 0.15) is 70.4 Å². The van der Waals surface area contributed by atoms with E-state index in [2.05, 4.69) is 9.88 Å². The van der Waals surface area contributed by atoms with Gasteiger partial charge in [-0.25, -0.2) is 14.2 Å². The number of hydrogen-bond acceptors (Lipinski definition) is 7. The highest BCUT2D eigenvalue weighted by atomic mass is 35.5. The summed E-state index contributed by atoms with van der Waals surface area (Å²) in [6.07, 6.45) is 5.44. The van der Waals surface area contributed by atoms with E-state index in [0.717, 1.165) is 71.3 Å². The van der Waals surface area contributed by atoms with Crippen LogP contribution in [0.5, 0.6) is 5.75 Å².